The highest BCUT2D eigenvalue weighted by molar-refractivity contribution is 7.14. The van der Waals surface area contributed by atoms with Crippen molar-refractivity contribution in [3.8, 4) is 5.75 Å². The Bertz CT molecular complexity index is 748. The van der Waals surface area contributed by atoms with Gasteiger partial charge in [-0.1, -0.05) is 0 Å². The number of amides is 1. The van der Waals surface area contributed by atoms with E-state index in [0.717, 1.165) is 25.7 Å². The van der Waals surface area contributed by atoms with Crippen molar-refractivity contribution < 1.29 is 23.8 Å². The van der Waals surface area contributed by atoms with Crippen LogP contribution in [-0.2, 0) is 17.6 Å². The first-order valence-corrected chi connectivity index (χ1v) is 8.89. The fourth-order valence-electron chi connectivity index (χ4n) is 2.73. The smallest absolute Gasteiger partial charge is 0.346 e. The van der Waals surface area contributed by atoms with Gasteiger partial charge in [-0.25, -0.2) is 9.18 Å². The number of hydrogen-bond donors (Lipinski definition) is 2. The number of aryl methyl sites for hydroxylation is 2. The second-order valence-electron chi connectivity index (χ2n) is 5.87. The molecule has 1 heterocycles. The number of benzene rings is 1. The molecule has 0 fully saturated rings. The molecule has 0 spiro atoms. The van der Waals surface area contributed by atoms with Crippen LogP contribution in [0.15, 0.2) is 30.3 Å². The summed E-state index contributed by atoms with van der Waals surface area (Å²) in [4.78, 5) is 25.5. The van der Waals surface area contributed by atoms with Gasteiger partial charge in [-0.2, -0.15) is 0 Å². The Kier molecular flexibility index (Phi) is 5.33. The Balaban J connectivity index is 1.60. The number of fused-ring (bicyclic) bond motifs is 1. The van der Waals surface area contributed by atoms with Crippen molar-refractivity contribution in [2.45, 2.75) is 31.8 Å². The molecule has 1 aliphatic rings. The molecule has 0 radical (unpaired) electrons. The number of rotatable bonds is 6. The topological polar surface area (TPSA) is 75.6 Å². The predicted octanol–water partition coefficient (Wildman–Crippen LogP) is 3.03. The van der Waals surface area contributed by atoms with Crippen LogP contribution in [0.5, 0.6) is 5.75 Å². The molecule has 0 bridgehead atoms. The zero-order chi connectivity index (χ0) is 17.8. The second kappa shape index (κ2) is 7.65. The van der Waals surface area contributed by atoms with Gasteiger partial charge in [0.2, 0.25) is 6.10 Å². The molecule has 3 rings (SSSR count). The quantitative estimate of drug-likeness (QED) is 0.827. The summed E-state index contributed by atoms with van der Waals surface area (Å²) in [5.41, 5.74) is 1.22. The fraction of sp³-hybridized carbons (Fsp3) is 0.333. The maximum absolute atomic E-state index is 12.9. The SMILES string of the molecule is O=C(NCC(Oc1ccc(F)cc1)C(=O)O)c1cc2c(s1)CCCC2. The first kappa shape index (κ1) is 17.4. The molecule has 7 heteroatoms. The summed E-state index contributed by atoms with van der Waals surface area (Å²) in [6.45, 7) is -0.173. The van der Waals surface area contributed by atoms with Crippen molar-refractivity contribution in [1.29, 1.82) is 0 Å². The molecule has 0 saturated heterocycles. The summed E-state index contributed by atoms with van der Waals surface area (Å²) in [5.74, 6) is -1.70. The lowest BCUT2D eigenvalue weighted by Crippen LogP contribution is -2.40. The molecular weight excluding hydrogens is 345 g/mol. The van der Waals surface area contributed by atoms with Gasteiger partial charge in [0.15, 0.2) is 0 Å². The van der Waals surface area contributed by atoms with E-state index in [1.165, 1.54) is 46.0 Å². The van der Waals surface area contributed by atoms with E-state index in [1.54, 1.807) is 0 Å². The molecule has 1 aliphatic carbocycles. The van der Waals surface area contributed by atoms with E-state index in [1.807, 2.05) is 6.07 Å². The Morgan fingerprint density at radius 1 is 1.24 bits per heavy atom. The molecule has 5 nitrogen and oxygen atoms in total. The number of hydrogen-bond acceptors (Lipinski definition) is 4. The monoisotopic (exact) mass is 363 g/mol. The molecule has 2 aromatic rings. The molecule has 1 unspecified atom stereocenters. The van der Waals surface area contributed by atoms with E-state index in [-0.39, 0.29) is 18.2 Å². The van der Waals surface area contributed by atoms with Crippen LogP contribution in [0.3, 0.4) is 0 Å². The number of thiophene rings is 1. The lowest BCUT2D eigenvalue weighted by molar-refractivity contribution is -0.144. The summed E-state index contributed by atoms with van der Waals surface area (Å²) < 4.78 is 18.2. The van der Waals surface area contributed by atoms with Crippen LogP contribution in [0.25, 0.3) is 0 Å². The van der Waals surface area contributed by atoms with Gasteiger partial charge in [0.25, 0.3) is 5.91 Å². The standard InChI is InChI=1S/C18H18FNO4S/c19-12-5-7-13(8-6-12)24-14(18(22)23)10-20-17(21)16-9-11-3-1-2-4-15(11)25-16/h5-9,14H,1-4,10H2,(H,20,21)(H,22,23). The van der Waals surface area contributed by atoms with Crippen molar-refractivity contribution in [2.75, 3.05) is 6.54 Å². The van der Waals surface area contributed by atoms with E-state index in [0.29, 0.717) is 4.88 Å². The molecule has 1 aromatic heterocycles. The second-order valence-corrected chi connectivity index (χ2v) is 7.01. The number of carbonyl (C=O) groups is 2. The van der Waals surface area contributed by atoms with Crippen molar-refractivity contribution in [3.05, 3.63) is 51.5 Å². The molecule has 1 amide bonds. The molecule has 132 valence electrons. The Labute approximate surface area is 148 Å². The van der Waals surface area contributed by atoms with Gasteiger partial charge < -0.3 is 15.2 Å². The van der Waals surface area contributed by atoms with E-state index in [2.05, 4.69) is 5.32 Å². The number of ether oxygens (including phenoxy) is 1. The van der Waals surface area contributed by atoms with E-state index < -0.39 is 17.9 Å². The van der Waals surface area contributed by atoms with Gasteiger partial charge in [0.1, 0.15) is 11.6 Å². The van der Waals surface area contributed by atoms with Crippen LogP contribution in [0.4, 0.5) is 4.39 Å². The van der Waals surface area contributed by atoms with Crippen LogP contribution in [0.1, 0.15) is 33.0 Å². The zero-order valence-corrected chi connectivity index (χ0v) is 14.3. The van der Waals surface area contributed by atoms with Crippen molar-refractivity contribution >= 4 is 23.2 Å². The number of aliphatic carboxylic acids is 1. The minimum absolute atomic E-state index is 0.173. The van der Waals surface area contributed by atoms with Gasteiger partial charge in [-0.05, 0) is 61.6 Å². The van der Waals surface area contributed by atoms with E-state index >= 15 is 0 Å². The van der Waals surface area contributed by atoms with Crippen molar-refractivity contribution in [2.24, 2.45) is 0 Å². The maximum atomic E-state index is 12.9. The van der Waals surface area contributed by atoms with Crippen LogP contribution in [0.2, 0.25) is 0 Å². The van der Waals surface area contributed by atoms with Gasteiger partial charge in [0.05, 0.1) is 11.4 Å². The summed E-state index contributed by atoms with van der Waals surface area (Å²) in [5, 5.41) is 11.9. The fourth-order valence-corrected chi connectivity index (χ4v) is 3.90. The lowest BCUT2D eigenvalue weighted by atomic mass is 9.99. The molecule has 2 N–H and O–H groups in total. The highest BCUT2D eigenvalue weighted by Gasteiger charge is 2.22. The van der Waals surface area contributed by atoms with Crippen molar-refractivity contribution in [3.63, 3.8) is 0 Å². The third-order valence-corrected chi connectivity index (χ3v) is 5.27. The molecule has 0 saturated carbocycles. The summed E-state index contributed by atoms with van der Waals surface area (Å²) >= 11 is 1.47. The minimum atomic E-state index is -1.25. The summed E-state index contributed by atoms with van der Waals surface area (Å²) in [6.07, 6.45) is 3.02. The molecular formula is C18H18FNO4S. The third kappa shape index (κ3) is 4.36. The highest BCUT2D eigenvalue weighted by Crippen LogP contribution is 2.29. The van der Waals surface area contributed by atoms with Crippen LogP contribution >= 0.6 is 11.3 Å². The van der Waals surface area contributed by atoms with Gasteiger partial charge >= 0.3 is 5.97 Å². The number of carbonyl (C=O) groups excluding carboxylic acids is 1. The number of carboxylic acid groups (broad SMARTS) is 1. The Morgan fingerprint density at radius 3 is 2.64 bits per heavy atom. The van der Waals surface area contributed by atoms with E-state index in [4.69, 9.17) is 4.74 Å². The van der Waals surface area contributed by atoms with E-state index in [9.17, 15) is 19.1 Å². The van der Waals surface area contributed by atoms with Crippen LogP contribution in [0, 0.1) is 5.82 Å². The summed E-state index contributed by atoms with van der Waals surface area (Å²) in [7, 11) is 0. The first-order valence-electron chi connectivity index (χ1n) is 8.08. The van der Waals surface area contributed by atoms with Crippen molar-refractivity contribution in [1.82, 2.24) is 5.32 Å². The molecule has 1 aromatic carbocycles. The number of nitrogens with one attached hydrogen (secondary N) is 1. The lowest BCUT2D eigenvalue weighted by Gasteiger charge is -2.15. The molecule has 1 atom stereocenters. The number of carboxylic acids is 1. The zero-order valence-electron chi connectivity index (χ0n) is 13.5. The largest absolute Gasteiger partial charge is 0.478 e. The summed E-state index contributed by atoms with van der Waals surface area (Å²) in [6, 6.07) is 6.96. The average Bonchev–Trinajstić information content (AvgIpc) is 3.04. The first-order chi connectivity index (χ1) is 12.0. The normalized spacial score (nSPS) is 14.4. The molecule has 0 aliphatic heterocycles. The predicted molar refractivity (Wildman–Crippen MR) is 91.7 cm³/mol. The van der Waals surface area contributed by atoms with Gasteiger partial charge in [-0.15, -0.1) is 11.3 Å². The molecule has 25 heavy (non-hydrogen) atoms. The van der Waals surface area contributed by atoms with Crippen LogP contribution < -0.4 is 10.1 Å². The maximum Gasteiger partial charge on any atom is 0.346 e. The average molecular weight is 363 g/mol. The third-order valence-electron chi connectivity index (χ3n) is 4.04. The Morgan fingerprint density at radius 2 is 1.96 bits per heavy atom. The Hall–Kier alpha value is -2.41. The minimum Gasteiger partial charge on any atom is -0.478 e. The van der Waals surface area contributed by atoms with Gasteiger partial charge in [0, 0.05) is 4.88 Å². The highest BCUT2D eigenvalue weighted by atomic mass is 32.1. The van der Waals surface area contributed by atoms with Gasteiger partial charge in [-0.3, -0.25) is 4.79 Å². The number of halogens is 1. The van der Waals surface area contributed by atoms with Crippen LogP contribution in [-0.4, -0.2) is 29.6 Å².